The molecule has 0 spiro atoms. The molecule has 7 heteroatoms. The van der Waals surface area contributed by atoms with Crippen LogP contribution in [0.5, 0.6) is 0 Å². The summed E-state index contributed by atoms with van der Waals surface area (Å²) in [6.45, 7) is 5.82. The number of hydrogen-bond donors (Lipinski definition) is 2. The second-order valence-corrected chi connectivity index (χ2v) is 7.40. The monoisotopic (exact) mass is 360 g/mol. The predicted molar refractivity (Wildman–Crippen MR) is 98.8 cm³/mol. The van der Waals surface area contributed by atoms with Gasteiger partial charge in [0.05, 0.1) is 15.8 Å². The standard InChI is InChI=1S/C17H17ClN4OS/c1-9-4-5-10(2)13(6-9)20-16(23)11(3)24-17-21-14-7-12(18)8-19-15(14)22-17/h4-8,11H,1-3H3,(H,20,23)(H,19,21,22)/t11-/m0/s1. The fourth-order valence-electron chi connectivity index (χ4n) is 2.23. The molecule has 1 amide bonds. The Bertz CT molecular complexity index is 909. The van der Waals surface area contributed by atoms with E-state index in [0.29, 0.717) is 15.8 Å². The Labute approximate surface area is 149 Å². The highest BCUT2D eigenvalue weighted by atomic mass is 35.5. The van der Waals surface area contributed by atoms with E-state index in [1.807, 2.05) is 39.0 Å². The smallest absolute Gasteiger partial charge is 0.237 e. The number of anilines is 1. The third-order valence-electron chi connectivity index (χ3n) is 3.59. The largest absolute Gasteiger partial charge is 0.331 e. The molecule has 3 aromatic rings. The fourth-order valence-corrected chi connectivity index (χ4v) is 3.20. The SMILES string of the molecule is Cc1ccc(C)c(NC(=O)[C@H](C)Sc2nc3ncc(Cl)cc3[nH]2)c1. The van der Waals surface area contributed by atoms with E-state index < -0.39 is 0 Å². The van der Waals surface area contributed by atoms with Gasteiger partial charge in [-0.25, -0.2) is 9.97 Å². The van der Waals surface area contributed by atoms with E-state index in [4.69, 9.17) is 11.6 Å². The van der Waals surface area contributed by atoms with Crippen LogP contribution in [0.25, 0.3) is 11.2 Å². The first-order valence-electron chi connectivity index (χ1n) is 7.48. The highest BCUT2D eigenvalue weighted by Crippen LogP contribution is 2.25. The van der Waals surface area contributed by atoms with Crippen LogP contribution in [0, 0.1) is 13.8 Å². The number of rotatable bonds is 4. The molecule has 124 valence electrons. The molecule has 1 atom stereocenters. The third-order valence-corrected chi connectivity index (χ3v) is 4.78. The molecule has 2 aromatic heterocycles. The number of pyridine rings is 1. The van der Waals surface area contributed by atoms with Crippen molar-refractivity contribution in [3.8, 4) is 0 Å². The number of aryl methyl sites for hydroxylation is 2. The molecule has 0 bridgehead atoms. The number of halogens is 1. The number of amides is 1. The summed E-state index contributed by atoms with van der Waals surface area (Å²) < 4.78 is 0. The van der Waals surface area contributed by atoms with Crippen molar-refractivity contribution >= 4 is 46.1 Å². The van der Waals surface area contributed by atoms with Gasteiger partial charge in [-0.3, -0.25) is 4.79 Å². The summed E-state index contributed by atoms with van der Waals surface area (Å²) in [5.74, 6) is -0.0693. The maximum absolute atomic E-state index is 12.4. The van der Waals surface area contributed by atoms with E-state index in [0.717, 1.165) is 22.3 Å². The second kappa shape index (κ2) is 6.83. The second-order valence-electron chi connectivity index (χ2n) is 5.63. The summed E-state index contributed by atoms with van der Waals surface area (Å²) in [5.41, 5.74) is 4.33. The topological polar surface area (TPSA) is 70.7 Å². The number of fused-ring (bicyclic) bond motifs is 1. The van der Waals surface area contributed by atoms with Gasteiger partial charge in [-0.05, 0) is 44.0 Å². The number of hydrogen-bond acceptors (Lipinski definition) is 4. The van der Waals surface area contributed by atoms with Crippen molar-refractivity contribution in [2.45, 2.75) is 31.2 Å². The molecule has 0 aliphatic carbocycles. The molecule has 1 aromatic carbocycles. The molecule has 0 aliphatic rings. The highest BCUT2D eigenvalue weighted by Gasteiger charge is 2.18. The van der Waals surface area contributed by atoms with Crippen molar-refractivity contribution < 1.29 is 4.79 Å². The van der Waals surface area contributed by atoms with Crippen LogP contribution in [0.4, 0.5) is 5.69 Å². The summed E-state index contributed by atoms with van der Waals surface area (Å²) in [6.07, 6.45) is 1.55. The molecule has 0 saturated heterocycles. The number of aromatic nitrogens is 3. The van der Waals surface area contributed by atoms with Crippen molar-refractivity contribution in [3.05, 3.63) is 46.6 Å². The highest BCUT2D eigenvalue weighted by molar-refractivity contribution is 8.00. The van der Waals surface area contributed by atoms with Crippen LogP contribution in [-0.2, 0) is 4.79 Å². The number of nitrogens with one attached hydrogen (secondary N) is 2. The van der Waals surface area contributed by atoms with Gasteiger partial charge in [-0.15, -0.1) is 0 Å². The summed E-state index contributed by atoms with van der Waals surface area (Å²) in [5, 5.41) is 3.86. The minimum atomic E-state index is -0.305. The zero-order chi connectivity index (χ0) is 17.3. The molecule has 0 aliphatic heterocycles. The lowest BCUT2D eigenvalue weighted by molar-refractivity contribution is -0.115. The fraction of sp³-hybridized carbons (Fsp3) is 0.235. The number of imidazole rings is 1. The Morgan fingerprint density at radius 3 is 2.92 bits per heavy atom. The van der Waals surface area contributed by atoms with Crippen LogP contribution in [0.15, 0.2) is 35.6 Å². The van der Waals surface area contributed by atoms with E-state index in [1.165, 1.54) is 11.8 Å². The maximum atomic E-state index is 12.4. The number of carbonyl (C=O) groups is 1. The summed E-state index contributed by atoms with van der Waals surface area (Å²) in [6, 6.07) is 7.76. The lowest BCUT2D eigenvalue weighted by Gasteiger charge is -2.13. The third kappa shape index (κ3) is 3.71. The average molecular weight is 361 g/mol. The van der Waals surface area contributed by atoms with Crippen molar-refractivity contribution in [3.63, 3.8) is 0 Å². The van der Waals surface area contributed by atoms with Gasteiger partial charge in [0.1, 0.15) is 0 Å². The molecule has 0 unspecified atom stereocenters. The molecule has 3 rings (SSSR count). The van der Waals surface area contributed by atoms with Crippen LogP contribution < -0.4 is 5.32 Å². The Balaban J connectivity index is 1.72. The number of aromatic amines is 1. The van der Waals surface area contributed by atoms with Crippen molar-refractivity contribution in [2.75, 3.05) is 5.32 Å². The molecule has 2 heterocycles. The zero-order valence-electron chi connectivity index (χ0n) is 13.6. The van der Waals surface area contributed by atoms with Crippen molar-refractivity contribution in [1.29, 1.82) is 0 Å². The van der Waals surface area contributed by atoms with E-state index in [1.54, 1.807) is 12.3 Å². The minimum Gasteiger partial charge on any atom is -0.331 e. The van der Waals surface area contributed by atoms with Crippen molar-refractivity contribution in [1.82, 2.24) is 15.0 Å². The van der Waals surface area contributed by atoms with Gasteiger partial charge in [-0.1, -0.05) is 35.5 Å². The molecule has 0 fully saturated rings. The molecular formula is C17H17ClN4OS. The van der Waals surface area contributed by atoms with Gasteiger partial charge < -0.3 is 10.3 Å². The minimum absolute atomic E-state index is 0.0693. The Hall–Kier alpha value is -2.05. The molecular weight excluding hydrogens is 344 g/mol. The van der Waals surface area contributed by atoms with Gasteiger partial charge in [0.15, 0.2) is 10.8 Å². The molecule has 2 N–H and O–H groups in total. The van der Waals surface area contributed by atoms with E-state index in [-0.39, 0.29) is 11.2 Å². The predicted octanol–water partition coefficient (Wildman–Crippen LogP) is 4.35. The van der Waals surface area contributed by atoms with Gasteiger partial charge in [0.25, 0.3) is 0 Å². The first-order valence-corrected chi connectivity index (χ1v) is 8.74. The van der Waals surface area contributed by atoms with E-state index in [2.05, 4.69) is 20.3 Å². The maximum Gasteiger partial charge on any atom is 0.237 e. The van der Waals surface area contributed by atoms with Gasteiger partial charge in [0, 0.05) is 11.9 Å². The van der Waals surface area contributed by atoms with Crippen LogP contribution in [0.2, 0.25) is 5.02 Å². The summed E-state index contributed by atoms with van der Waals surface area (Å²) >= 11 is 7.27. The van der Waals surface area contributed by atoms with Crippen LogP contribution in [0.3, 0.4) is 0 Å². The molecule has 0 saturated carbocycles. The van der Waals surface area contributed by atoms with E-state index in [9.17, 15) is 4.79 Å². The Kier molecular flexibility index (Phi) is 4.78. The van der Waals surface area contributed by atoms with Crippen LogP contribution in [-0.4, -0.2) is 26.1 Å². The van der Waals surface area contributed by atoms with Gasteiger partial charge >= 0.3 is 0 Å². The van der Waals surface area contributed by atoms with Crippen LogP contribution >= 0.6 is 23.4 Å². The summed E-state index contributed by atoms with van der Waals surface area (Å²) in [4.78, 5) is 24.1. The first kappa shape index (κ1) is 16.8. The van der Waals surface area contributed by atoms with Crippen molar-refractivity contribution in [2.24, 2.45) is 0 Å². The van der Waals surface area contributed by atoms with Crippen LogP contribution in [0.1, 0.15) is 18.1 Å². The lowest BCUT2D eigenvalue weighted by atomic mass is 10.1. The average Bonchev–Trinajstić information content (AvgIpc) is 2.92. The number of benzene rings is 1. The molecule has 5 nitrogen and oxygen atoms in total. The zero-order valence-corrected chi connectivity index (χ0v) is 15.1. The van der Waals surface area contributed by atoms with E-state index >= 15 is 0 Å². The quantitative estimate of drug-likeness (QED) is 0.678. The number of thioether (sulfide) groups is 1. The molecule has 0 radical (unpaired) electrons. The first-order chi connectivity index (χ1) is 11.4. The Morgan fingerprint density at radius 2 is 2.12 bits per heavy atom. The summed E-state index contributed by atoms with van der Waals surface area (Å²) in [7, 11) is 0. The molecule has 24 heavy (non-hydrogen) atoms. The number of H-pyrrole nitrogens is 1. The number of carbonyl (C=O) groups excluding carboxylic acids is 1. The lowest BCUT2D eigenvalue weighted by Crippen LogP contribution is -2.23. The Morgan fingerprint density at radius 1 is 1.33 bits per heavy atom. The van der Waals surface area contributed by atoms with Gasteiger partial charge in [-0.2, -0.15) is 0 Å². The van der Waals surface area contributed by atoms with Gasteiger partial charge in [0.2, 0.25) is 5.91 Å². The number of nitrogens with zero attached hydrogens (tertiary/aromatic N) is 2. The normalized spacial score (nSPS) is 12.3.